The van der Waals surface area contributed by atoms with Crippen molar-refractivity contribution in [2.45, 2.75) is 32.5 Å². The molecule has 1 heterocycles. The molecule has 0 saturated carbocycles. The maximum absolute atomic E-state index is 13.0. The van der Waals surface area contributed by atoms with Gasteiger partial charge in [-0.05, 0) is 37.5 Å². The summed E-state index contributed by atoms with van der Waals surface area (Å²) in [6, 6.07) is 3.43. The summed E-state index contributed by atoms with van der Waals surface area (Å²) in [6.45, 7) is 4.49. The summed E-state index contributed by atoms with van der Waals surface area (Å²) in [5.41, 5.74) is 0.856. The number of hydrogen-bond acceptors (Lipinski definition) is 3. The second kappa shape index (κ2) is 5.55. The minimum Gasteiger partial charge on any atom is -0.336 e. The van der Waals surface area contributed by atoms with Crippen molar-refractivity contribution >= 4 is 11.6 Å². The van der Waals surface area contributed by atoms with E-state index >= 15 is 0 Å². The molecule has 2 atom stereocenters. The second-order valence-electron chi connectivity index (χ2n) is 5.55. The summed E-state index contributed by atoms with van der Waals surface area (Å²) in [5.74, 6) is 5.07. The van der Waals surface area contributed by atoms with Crippen molar-refractivity contribution in [3.63, 3.8) is 0 Å². The second-order valence-corrected chi connectivity index (χ2v) is 5.55. The molecule has 1 saturated heterocycles. The number of amides is 1. The Morgan fingerprint density at radius 3 is 2.52 bits per heavy atom. The lowest BCUT2D eigenvalue weighted by Gasteiger charge is -2.22. The van der Waals surface area contributed by atoms with Gasteiger partial charge in [0.25, 0.3) is 5.91 Å². The molecule has 116 valence electrons. The van der Waals surface area contributed by atoms with Crippen molar-refractivity contribution in [3.8, 4) is 0 Å². The average molecular weight is 301 g/mol. The molecular formula is C14H18F3N3O. The SMILES string of the molecule is CC1CC(C)N(C(=O)c2ccc(NN)c(C(F)(F)F)c2)C1. The van der Waals surface area contributed by atoms with E-state index in [1.807, 2.05) is 19.3 Å². The molecule has 2 rings (SSSR count). The van der Waals surface area contributed by atoms with Crippen LogP contribution in [0.15, 0.2) is 18.2 Å². The molecule has 1 amide bonds. The van der Waals surface area contributed by atoms with Crippen molar-refractivity contribution < 1.29 is 18.0 Å². The van der Waals surface area contributed by atoms with Crippen LogP contribution in [0.3, 0.4) is 0 Å². The van der Waals surface area contributed by atoms with E-state index < -0.39 is 11.7 Å². The van der Waals surface area contributed by atoms with Crippen LogP contribution in [0.1, 0.15) is 36.2 Å². The largest absolute Gasteiger partial charge is 0.418 e. The van der Waals surface area contributed by atoms with E-state index in [0.717, 1.165) is 12.5 Å². The van der Waals surface area contributed by atoms with Gasteiger partial charge < -0.3 is 10.3 Å². The fourth-order valence-corrected chi connectivity index (χ4v) is 2.79. The van der Waals surface area contributed by atoms with Crippen molar-refractivity contribution in [3.05, 3.63) is 29.3 Å². The molecule has 4 nitrogen and oxygen atoms in total. The minimum atomic E-state index is -4.57. The highest BCUT2D eigenvalue weighted by atomic mass is 19.4. The molecule has 1 aromatic carbocycles. The number of nitrogen functional groups attached to an aromatic ring is 1. The standard InChI is InChI=1S/C14H18F3N3O/c1-8-5-9(2)20(7-8)13(21)10-3-4-12(19-18)11(6-10)14(15,16)17/h3-4,6,8-9,19H,5,7,18H2,1-2H3. The van der Waals surface area contributed by atoms with Crippen LogP contribution in [0.5, 0.6) is 0 Å². The van der Waals surface area contributed by atoms with E-state index in [9.17, 15) is 18.0 Å². The predicted molar refractivity (Wildman–Crippen MR) is 73.5 cm³/mol. The number of nitrogens with zero attached hydrogens (tertiary/aromatic N) is 1. The van der Waals surface area contributed by atoms with Crippen molar-refractivity contribution in [2.24, 2.45) is 11.8 Å². The quantitative estimate of drug-likeness (QED) is 0.652. The Kier molecular flexibility index (Phi) is 4.13. The first-order valence-corrected chi connectivity index (χ1v) is 6.73. The van der Waals surface area contributed by atoms with Crippen LogP contribution in [-0.4, -0.2) is 23.4 Å². The maximum Gasteiger partial charge on any atom is 0.418 e. The lowest BCUT2D eigenvalue weighted by atomic mass is 10.1. The van der Waals surface area contributed by atoms with Gasteiger partial charge in [0.15, 0.2) is 0 Å². The fourth-order valence-electron chi connectivity index (χ4n) is 2.79. The number of carbonyl (C=O) groups is 1. The maximum atomic E-state index is 13.0. The Morgan fingerprint density at radius 1 is 1.38 bits per heavy atom. The van der Waals surface area contributed by atoms with Crippen LogP contribution < -0.4 is 11.3 Å². The van der Waals surface area contributed by atoms with Gasteiger partial charge in [0.2, 0.25) is 0 Å². The third-order valence-corrected chi connectivity index (χ3v) is 3.77. The number of nitrogens with one attached hydrogen (secondary N) is 1. The first-order chi connectivity index (χ1) is 9.74. The van der Waals surface area contributed by atoms with Gasteiger partial charge in [-0.1, -0.05) is 6.92 Å². The minimum absolute atomic E-state index is 0.0299. The van der Waals surface area contributed by atoms with Crippen LogP contribution in [0.25, 0.3) is 0 Å². The number of carbonyl (C=O) groups excluding carboxylic acids is 1. The lowest BCUT2D eigenvalue weighted by molar-refractivity contribution is -0.137. The van der Waals surface area contributed by atoms with Crippen LogP contribution in [0, 0.1) is 5.92 Å². The molecule has 3 N–H and O–H groups in total. The normalized spacial score (nSPS) is 22.5. The number of hydrogen-bond donors (Lipinski definition) is 2. The molecule has 0 aromatic heterocycles. The van der Waals surface area contributed by atoms with E-state index in [4.69, 9.17) is 5.84 Å². The molecule has 1 fully saturated rings. The molecule has 1 aromatic rings. The smallest absolute Gasteiger partial charge is 0.336 e. The highest BCUT2D eigenvalue weighted by Crippen LogP contribution is 2.35. The van der Waals surface area contributed by atoms with Crippen LogP contribution in [-0.2, 0) is 6.18 Å². The molecule has 0 spiro atoms. The number of anilines is 1. The Morgan fingerprint density at radius 2 is 2.05 bits per heavy atom. The number of halogens is 3. The Bertz CT molecular complexity index is 545. The zero-order chi connectivity index (χ0) is 15.8. The summed E-state index contributed by atoms with van der Waals surface area (Å²) in [4.78, 5) is 14.0. The molecule has 1 aliphatic rings. The van der Waals surface area contributed by atoms with E-state index in [1.54, 1.807) is 4.90 Å². The average Bonchev–Trinajstić information content (AvgIpc) is 2.75. The number of likely N-dealkylation sites (tertiary alicyclic amines) is 1. The molecule has 21 heavy (non-hydrogen) atoms. The van der Waals surface area contributed by atoms with E-state index in [0.29, 0.717) is 12.5 Å². The Balaban J connectivity index is 2.35. The van der Waals surface area contributed by atoms with Gasteiger partial charge in [-0.3, -0.25) is 10.6 Å². The van der Waals surface area contributed by atoms with Gasteiger partial charge in [-0.15, -0.1) is 0 Å². The van der Waals surface area contributed by atoms with Gasteiger partial charge in [0.05, 0.1) is 11.3 Å². The molecule has 1 aliphatic heterocycles. The van der Waals surface area contributed by atoms with Crippen molar-refractivity contribution in [2.75, 3.05) is 12.0 Å². The van der Waals surface area contributed by atoms with Crippen molar-refractivity contribution in [1.29, 1.82) is 0 Å². The molecule has 0 radical (unpaired) electrons. The lowest BCUT2D eigenvalue weighted by Crippen LogP contribution is -2.34. The summed E-state index contributed by atoms with van der Waals surface area (Å²) in [7, 11) is 0. The summed E-state index contributed by atoms with van der Waals surface area (Å²) in [5, 5.41) is 0. The third-order valence-electron chi connectivity index (χ3n) is 3.77. The zero-order valence-electron chi connectivity index (χ0n) is 11.9. The fraction of sp³-hybridized carbons (Fsp3) is 0.500. The first-order valence-electron chi connectivity index (χ1n) is 6.73. The molecule has 7 heteroatoms. The number of benzene rings is 1. The summed E-state index contributed by atoms with van der Waals surface area (Å²) >= 11 is 0. The van der Waals surface area contributed by atoms with E-state index in [2.05, 4.69) is 0 Å². The van der Waals surface area contributed by atoms with Gasteiger partial charge >= 0.3 is 6.18 Å². The number of hydrazine groups is 1. The molecule has 0 aliphatic carbocycles. The summed E-state index contributed by atoms with van der Waals surface area (Å²) in [6.07, 6.45) is -3.71. The van der Waals surface area contributed by atoms with Crippen LogP contribution in [0.4, 0.5) is 18.9 Å². The van der Waals surface area contributed by atoms with Gasteiger partial charge in [0, 0.05) is 18.2 Å². The van der Waals surface area contributed by atoms with Gasteiger partial charge in [-0.2, -0.15) is 13.2 Å². The highest BCUT2D eigenvalue weighted by Gasteiger charge is 2.36. The number of rotatable bonds is 2. The Labute approximate surface area is 121 Å². The van der Waals surface area contributed by atoms with Crippen LogP contribution in [0.2, 0.25) is 0 Å². The number of nitrogens with two attached hydrogens (primary N) is 1. The zero-order valence-corrected chi connectivity index (χ0v) is 11.9. The van der Waals surface area contributed by atoms with Gasteiger partial charge in [0.1, 0.15) is 0 Å². The van der Waals surface area contributed by atoms with Gasteiger partial charge in [-0.25, -0.2) is 0 Å². The first kappa shape index (κ1) is 15.6. The predicted octanol–water partition coefficient (Wildman–Crippen LogP) is 2.86. The van der Waals surface area contributed by atoms with E-state index in [-0.39, 0.29) is 23.2 Å². The van der Waals surface area contributed by atoms with E-state index in [1.165, 1.54) is 12.1 Å². The third kappa shape index (κ3) is 3.12. The monoisotopic (exact) mass is 301 g/mol. The molecule has 2 unspecified atom stereocenters. The molecular weight excluding hydrogens is 283 g/mol. The summed E-state index contributed by atoms with van der Waals surface area (Å²) < 4.78 is 38.9. The molecule has 0 bridgehead atoms. The highest BCUT2D eigenvalue weighted by molar-refractivity contribution is 5.95. The Hall–Kier alpha value is -1.76. The van der Waals surface area contributed by atoms with Crippen molar-refractivity contribution in [1.82, 2.24) is 4.90 Å². The van der Waals surface area contributed by atoms with Crippen LogP contribution >= 0.6 is 0 Å². The number of alkyl halides is 3. The topological polar surface area (TPSA) is 58.4 Å².